The Kier molecular flexibility index (Phi) is 6.55. The van der Waals surface area contributed by atoms with Crippen LogP contribution in [0, 0.1) is 6.92 Å². The first-order valence-electron chi connectivity index (χ1n) is 11.0. The van der Waals surface area contributed by atoms with Gasteiger partial charge in [0.1, 0.15) is 5.75 Å². The largest absolute Gasteiger partial charge is 0.482 e. The highest BCUT2D eigenvalue weighted by Gasteiger charge is 2.25. The maximum Gasteiger partial charge on any atom is 0.265 e. The minimum Gasteiger partial charge on any atom is -0.482 e. The highest BCUT2D eigenvalue weighted by Crippen LogP contribution is 2.33. The molecule has 32 heavy (non-hydrogen) atoms. The molecule has 0 fully saturated rings. The molecule has 0 spiro atoms. The summed E-state index contributed by atoms with van der Waals surface area (Å²) in [6, 6.07) is 23.6. The van der Waals surface area contributed by atoms with Gasteiger partial charge in [-0.1, -0.05) is 48.5 Å². The predicted octanol–water partition coefficient (Wildman–Crippen LogP) is 4.67. The number of nitrogens with one attached hydrogen (secondary N) is 1. The first-order chi connectivity index (χ1) is 15.5. The topological polar surface area (TPSA) is 58.6 Å². The Balaban J connectivity index is 1.36. The van der Waals surface area contributed by atoms with E-state index in [1.54, 1.807) is 4.90 Å². The van der Waals surface area contributed by atoms with Gasteiger partial charge in [0.15, 0.2) is 6.61 Å². The van der Waals surface area contributed by atoms with Crippen molar-refractivity contribution in [1.82, 2.24) is 5.32 Å². The SMILES string of the molecule is Cc1ccc2c(c1)N(Cc1ccc(C(=O)NC(C)CCc3ccccc3)cc1)C(=O)CO2. The zero-order valence-corrected chi connectivity index (χ0v) is 18.5. The van der Waals surface area contributed by atoms with Crippen molar-refractivity contribution >= 4 is 17.5 Å². The van der Waals surface area contributed by atoms with Crippen molar-refractivity contribution in [3.05, 3.63) is 95.1 Å². The molecule has 1 N–H and O–H groups in total. The summed E-state index contributed by atoms with van der Waals surface area (Å²) in [5.41, 5.74) is 4.70. The molecule has 1 aliphatic heterocycles. The van der Waals surface area contributed by atoms with Crippen LogP contribution in [0.15, 0.2) is 72.8 Å². The first-order valence-corrected chi connectivity index (χ1v) is 11.0. The smallest absolute Gasteiger partial charge is 0.265 e. The molecule has 0 aromatic heterocycles. The van der Waals surface area contributed by atoms with E-state index in [-0.39, 0.29) is 24.5 Å². The van der Waals surface area contributed by atoms with E-state index in [4.69, 9.17) is 4.74 Å². The van der Waals surface area contributed by atoms with E-state index in [9.17, 15) is 9.59 Å². The number of fused-ring (bicyclic) bond motifs is 1. The zero-order chi connectivity index (χ0) is 22.5. The lowest BCUT2D eigenvalue weighted by Gasteiger charge is -2.29. The summed E-state index contributed by atoms with van der Waals surface area (Å²) >= 11 is 0. The van der Waals surface area contributed by atoms with E-state index < -0.39 is 0 Å². The van der Waals surface area contributed by atoms with E-state index in [1.165, 1.54) is 5.56 Å². The molecule has 2 amide bonds. The summed E-state index contributed by atoms with van der Waals surface area (Å²) in [5.74, 6) is 0.563. The summed E-state index contributed by atoms with van der Waals surface area (Å²) < 4.78 is 5.55. The third kappa shape index (κ3) is 5.17. The second-order valence-corrected chi connectivity index (χ2v) is 8.34. The van der Waals surface area contributed by atoms with Crippen molar-refractivity contribution in [2.75, 3.05) is 11.5 Å². The molecule has 0 saturated heterocycles. The summed E-state index contributed by atoms with van der Waals surface area (Å²) in [6.07, 6.45) is 1.81. The average Bonchev–Trinajstić information content (AvgIpc) is 2.81. The lowest BCUT2D eigenvalue weighted by molar-refractivity contribution is -0.121. The Morgan fingerprint density at radius 1 is 1.03 bits per heavy atom. The van der Waals surface area contributed by atoms with Crippen LogP contribution in [0.4, 0.5) is 5.69 Å². The molecule has 3 aromatic carbocycles. The van der Waals surface area contributed by atoms with Crippen LogP contribution in [0.25, 0.3) is 0 Å². The summed E-state index contributed by atoms with van der Waals surface area (Å²) in [5, 5.41) is 3.07. The van der Waals surface area contributed by atoms with Gasteiger partial charge in [-0.05, 0) is 67.6 Å². The van der Waals surface area contributed by atoms with E-state index >= 15 is 0 Å². The molecule has 5 heteroatoms. The van der Waals surface area contributed by atoms with Gasteiger partial charge in [0.2, 0.25) is 0 Å². The van der Waals surface area contributed by atoms with Gasteiger partial charge < -0.3 is 15.0 Å². The third-order valence-electron chi connectivity index (χ3n) is 5.70. The Morgan fingerprint density at radius 3 is 2.53 bits per heavy atom. The van der Waals surface area contributed by atoms with Crippen LogP contribution in [0.5, 0.6) is 5.75 Å². The number of amides is 2. The number of rotatable bonds is 7. The number of anilines is 1. The van der Waals surface area contributed by atoms with Gasteiger partial charge in [-0.3, -0.25) is 9.59 Å². The highest BCUT2D eigenvalue weighted by atomic mass is 16.5. The lowest BCUT2D eigenvalue weighted by Crippen LogP contribution is -2.38. The van der Waals surface area contributed by atoms with Gasteiger partial charge in [-0.25, -0.2) is 0 Å². The molecular formula is C27H28N2O3. The Bertz CT molecular complexity index is 1090. The number of aryl methyl sites for hydroxylation is 2. The fourth-order valence-corrected chi connectivity index (χ4v) is 3.84. The van der Waals surface area contributed by atoms with E-state index in [0.717, 1.165) is 35.4 Å². The van der Waals surface area contributed by atoms with E-state index in [2.05, 4.69) is 17.4 Å². The van der Waals surface area contributed by atoms with Crippen LogP contribution < -0.4 is 15.0 Å². The maximum atomic E-state index is 12.6. The van der Waals surface area contributed by atoms with Gasteiger partial charge in [0.25, 0.3) is 11.8 Å². The molecule has 1 heterocycles. The maximum absolute atomic E-state index is 12.6. The second-order valence-electron chi connectivity index (χ2n) is 8.34. The van der Waals surface area contributed by atoms with Crippen LogP contribution >= 0.6 is 0 Å². The average molecular weight is 429 g/mol. The Hall–Kier alpha value is -3.60. The Morgan fingerprint density at radius 2 is 1.78 bits per heavy atom. The molecule has 164 valence electrons. The lowest BCUT2D eigenvalue weighted by atomic mass is 10.1. The van der Waals surface area contributed by atoms with Gasteiger partial charge in [0, 0.05) is 11.6 Å². The molecule has 1 unspecified atom stereocenters. The number of carbonyl (C=O) groups excluding carboxylic acids is 2. The molecule has 3 aromatic rings. The van der Waals surface area contributed by atoms with Crippen molar-refractivity contribution in [3.8, 4) is 5.75 Å². The van der Waals surface area contributed by atoms with Gasteiger partial charge in [-0.2, -0.15) is 0 Å². The third-order valence-corrected chi connectivity index (χ3v) is 5.70. The second kappa shape index (κ2) is 9.69. The fraction of sp³-hybridized carbons (Fsp3) is 0.259. The number of ether oxygens (including phenoxy) is 1. The number of hydrogen-bond acceptors (Lipinski definition) is 3. The zero-order valence-electron chi connectivity index (χ0n) is 18.5. The normalized spacial score (nSPS) is 13.8. The molecule has 0 radical (unpaired) electrons. The quantitative estimate of drug-likeness (QED) is 0.595. The van der Waals surface area contributed by atoms with Crippen molar-refractivity contribution < 1.29 is 14.3 Å². The number of hydrogen-bond donors (Lipinski definition) is 1. The Labute approximate surface area is 189 Å². The number of benzene rings is 3. The van der Waals surface area contributed by atoms with Crippen molar-refractivity contribution in [3.63, 3.8) is 0 Å². The van der Waals surface area contributed by atoms with Crippen molar-refractivity contribution in [1.29, 1.82) is 0 Å². The summed E-state index contributed by atoms with van der Waals surface area (Å²) in [7, 11) is 0. The molecule has 0 aliphatic carbocycles. The van der Waals surface area contributed by atoms with Crippen LogP contribution in [0.3, 0.4) is 0 Å². The van der Waals surface area contributed by atoms with Gasteiger partial charge in [0.05, 0.1) is 12.2 Å². The predicted molar refractivity (Wildman–Crippen MR) is 126 cm³/mol. The first kappa shape index (κ1) is 21.6. The molecule has 4 rings (SSSR count). The molecule has 5 nitrogen and oxygen atoms in total. The fourth-order valence-electron chi connectivity index (χ4n) is 3.84. The molecule has 0 bridgehead atoms. The number of carbonyl (C=O) groups is 2. The van der Waals surface area contributed by atoms with Crippen molar-refractivity contribution in [2.45, 2.75) is 39.3 Å². The van der Waals surface area contributed by atoms with Gasteiger partial charge >= 0.3 is 0 Å². The van der Waals surface area contributed by atoms with Crippen LogP contribution in [-0.4, -0.2) is 24.5 Å². The van der Waals surface area contributed by atoms with Crippen LogP contribution in [0.1, 0.15) is 40.4 Å². The monoisotopic (exact) mass is 428 g/mol. The molecule has 1 atom stereocenters. The van der Waals surface area contributed by atoms with Crippen LogP contribution in [0.2, 0.25) is 0 Å². The molecular weight excluding hydrogens is 400 g/mol. The minimum atomic E-state index is -0.0828. The highest BCUT2D eigenvalue weighted by molar-refractivity contribution is 5.98. The minimum absolute atomic E-state index is 0.0391. The van der Waals surface area contributed by atoms with E-state index in [1.807, 2.05) is 74.5 Å². The molecule has 0 saturated carbocycles. The van der Waals surface area contributed by atoms with E-state index in [0.29, 0.717) is 12.1 Å². The number of nitrogens with zero attached hydrogens (tertiary/aromatic N) is 1. The summed E-state index contributed by atoms with van der Waals surface area (Å²) in [4.78, 5) is 26.8. The van der Waals surface area contributed by atoms with Crippen LogP contribution in [-0.2, 0) is 17.8 Å². The van der Waals surface area contributed by atoms with Gasteiger partial charge in [-0.15, -0.1) is 0 Å². The summed E-state index contributed by atoms with van der Waals surface area (Å²) in [6.45, 7) is 4.50. The van der Waals surface area contributed by atoms with Crippen molar-refractivity contribution in [2.24, 2.45) is 0 Å². The molecule has 1 aliphatic rings. The standard InChI is InChI=1S/C27H28N2O3/c1-19-8-15-25-24(16-19)29(26(30)18-32-25)17-22-11-13-23(14-12-22)27(31)28-20(2)9-10-21-6-4-3-5-7-21/h3-8,11-16,20H,9-10,17-18H2,1-2H3,(H,28,31).